The van der Waals surface area contributed by atoms with Gasteiger partial charge in [0.2, 0.25) is 0 Å². The Kier molecular flexibility index (Phi) is 5.55. The first-order valence-electron chi connectivity index (χ1n) is 5.73. The predicted octanol–water partition coefficient (Wildman–Crippen LogP) is 5.80. The first-order chi connectivity index (χ1) is 9.20. The quantitative estimate of drug-likeness (QED) is 0.528. The smallest absolute Gasteiger partial charge is 0.166 e. The van der Waals surface area contributed by atoms with Crippen molar-refractivity contribution in [3.05, 3.63) is 57.0 Å². The van der Waals surface area contributed by atoms with E-state index in [0.717, 1.165) is 30.9 Å². The molecule has 0 aliphatic carbocycles. The molecule has 104 valence electrons. The minimum atomic E-state index is 0. The number of aromatic amines is 1. The van der Waals surface area contributed by atoms with Crippen LogP contribution in [0.5, 0.6) is 0 Å². The third-order valence-electron chi connectivity index (χ3n) is 2.71. The zero-order chi connectivity index (χ0) is 13.2. The van der Waals surface area contributed by atoms with Crippen molar-refractivity contribution in [2.75, 3.05) is 0 Å². The maximum Gasteiger partial charge on any atom is 0.166 e. The van der Waals surface area contributed by atoms with E-state index in [1.54, 1.807) is 11.8 Å². The normalized spacial score (nSPS) is 10.5. The van der Waals surface area contributed by atoms with Crippen LogP contribution in [-0.2, 0) is 5.75 Å². The second kappa shape index (κ2) is 6.98. The van der Waals surface area contributed by atoms with Gasteiger partial charge in [0.1, 0.15) is 0 Å². The molecule has 0 saturated carbocycles. The molecule has 2 aromatic carbocycles. The number of hydrogen-bond donors (Lipinski definition) is 1. The molecule has 0 fully saturated rings. The molecule has 0 aliphatic rings. The van der Waals surface area contributed by atoms with Crippen molar-refractivity contribution >= 4 is 67.1 Å². The highest BCUT2D eigenvalue weighted by Gasteiger charge is 2.04. The second-order valence-electron chi connectivity index (χ2n) is 4.12. The zero-order valence-corrected chi connectivity index (χ0v) is 15.1. The third-order valence-corrected chi connectivity index (χ3v) is 4.68. The van der Waals surface area contributed by atoms with E-state index in [1.165, 1.54) is 5.56 Å². The number of nitrogens with one attached hydrogen (secondary N) is 1. The van der Waals surface area contributed by atoms with Gasteiger partial charge in [0.05, 0.1) is 11.0 Å². The Labute approximate surface area is 144 Å². The van der Waals surface area contributed by atoms with Gasteiger partial charge in [-0.1, -0.05) is 55.8 Å². The summed E-state index contributed by atoms with van der Waals surface area (Å²) in [7, 11) is 0. The molecule has 0 atom stereocenters. The summed E-state index contributed by atoms with van der Waals surface area (Å²) in [4.78, 5) is 7.89. The maximum atomic E-state index is 4.56. The average Bonchev–Trinajstić information content (AvgIpc) is 2.80. The van der Waals surface area contributed by atoms with E-state index in [1.807, 2.05) is 18.2 Å². The highest BCUT2D eigenvalue weighted by Crippen LogP contribution is 2.25. The number of H-pyrrole nitrogens is 1. The minimum absolute atomic E-state index is 0. The summed E-state index contributed by atoms with van der Waals surface area (Å²) in [5.41, 5.74) is 3.35. The first kappa shape index (κ1) is 15.9. The van der Waals surface area contributed by atoms with Gasteiger partial charge in [-0.2, -0.15) is 0 Å². The van der Waals surface area contributed by atoms with E-state index in [0.29, 0.717) is 0 Å². The van der Waals surface area contributed by atoms with Crippen LogP contribution >= 0.6 is 56.0 Å². The van der Waals surface area contributed by atoms with E-state index < -0.39 is 0 Å². The molecule has 6 heteroatoms. The van der Waals surface area contributed by atoms with Crippen LogP contribution in [0, 0.1) is 0 Å². The molecule has 0 bridgehead atoms. The molecule has 2 nitrogen and oxygen atoms in total. The van der Waals surface area contributed by atoms with Crippen LogP contribution in [-0.4, -0.2) is 9.97 Å². The number of aromatic nitrogens is 2. The summed E-state index contributed by atoms with van der Waals surface area (Å²) in [6.07, 6.45) is 0. The van der Waals surface area contributed by atoms with Gasteiger partial charge >= 0.3 is 0 Å². The molecule has 1 N–H and O–H groups in total. The molecule has 20 heavy (non-hydrogen) atoms. The van der Waals surface area contributed by atoms with Crippen LogP contribution in [0.2, 0.25) is 0 Å². The molecule has 0 unspecified atom stereocenters. The number of fused-ring (bicyclic) bond motifs is 1. The van der Waals surface area contributed by atoms with Crippen molar-refractivity contribution in [3.8, 4) is 0 Å². The van der Waals surface area contributed by atoms with Gasteiger partial charge in [0.25, 0.3) is 0 Å². The topological polar surface area (TPSA) is 28.7 Å². The second-order valence-corrected chi connectivity index (χ2v) is 6.91. The molecular weight excluding hydrogens is 423 g/mol. The average molecular weight is 435 g/mol. The van der Waals surface area contributed by atoms with E-state index in [2.05, 4.69) is 66.1 Å². The number of imidazole rings is 1. The number of rotatable bonds is 3. The number of halogens is 3. The van der Waals surface area contributed by atoms with Crippen LogP contribution in [0.4, 0.5) is 0 Å². The lowest BCUT2D eigenvalue weighted by Gasteiger charge is -1.99. The molecule has 0 radical (unpaired) electrons. The monoisotopic (exact) mass is 432 g/mol. The molecule has 3 aromatic rings. The molecule has 0 saturated heterocycles. The molecule has 0 amide bonds. The summed E-state index contributed by atoms with van der Waals surface area (Å²) in [5, 5.41) is 0.955. The van der Waals surface area contributed by atoms with Gasteiger partial charge in [-0.3, -0.25) is 0 Å². The highest BCUT2D eigenvalue weighted by molar-refractivity contribution is 9.10. The lowest BCUT2D eigenvalue weighted by molar-refractivity contribution is 1.08. The van der Waals surface area contributed by atoms with Crippen LogP contribution in [0.1, 0.15) is 5.56 Å². The first-order valence-corrected chi connectivity index (χ1v) is 8.30. The summed E-state index contributed by atoms with van der Waals surface area (Å²) in [5.74, 6) is 0.911. The largest absolute Gasteiger partial charge is 0.333 e. The summed E-state index contributed by atoms with van der Waals surface area (Å²) in [6.45, 7) is 0. The van der Waals surface area contributed by atoms with Gasteiger partial charge in [-0.05, 0) is 35.9 Å². The lowest BCUT2D eigenvalue weighted by Crippen LogP contribution is -1.81. The Morgan fingerprint density at radius 1 is 1.00 bits per heavy atom. The Bertz CT molecular complexity index is 713. The van der Waals surface area contributed by atoms with E-state index in [4.69, 9.17) is 0 Å². The van der Waals surface area contributed by atoms with Crippen LogP contribution < -0.4 is 0 Å². The number of thioether (sulfide) groups is 1. The molecule has 0 aliphatic heterocycles. The Morgan fingerprint density at radius 2 is 1.70 bits per heavy atom. The fourth-order valence-electron chi connectivity index (χ4n) is 1.76. The fraction of sp³-hybridized carbons (Fsp3) is 0.0714. The zero-order valence-electron chi connectivity index (χ0n) is 10.3. The van der Waals surface area contributed by atoms with Crippen molar-refractivity contribution in [2.24, 2.45) is 0 Å². The Morgan fingerprint density at radius 3 is 2.45 bits per heavy atom. The lowest BCUT2D eigenvalue weighted by atomic mass is 10.2. The predicted molar refractivity (Wildman–Crippen MR) is 94.7 cm³/mol. The third kappa shape index (κ3) is 3.79. The van der Waals surface area contributed by atoms with E-state index >= 15 is 0 Å². The SMILES string of the molecule is Brc1ccc(CSc2nc3ccc(Br)cc3[nH]2)cc1.Cl. The maximum absolute atomic E-state index is 4.56. The van der Waals surface area contributed by atoms with Gasteiger partial charge in [0, 0.05) is 14.7 Å². The molecule has 0 spiro atoms. The van der Waals surface area contributed by atoms with Gasteiger partial charge in [-0.15, -0.1) is 12.4 Å². The van der Waals surface area contributed by atoms with E-state index in [9.17, 15) is 0 Å². The van der Waals surface area contributed by atoms with Crippen molar-refractivity contribution in [1.29, 1.82) is 0 Å². The van der Waals surface area contributed by atoms with Crippen LogP contribution in [0.25, 0.3) is 11.0 Å². The van der Waals surface area contributed by atoms with Crippen LogP contribution in [0.15, 0.2) is 56.6 Å². The van der Waals surface area contributed by atoms with Crippen LogP contribution in [0.3, 0.4) is 0 Å². The van der Waals surface area contributed by atoms with Crippen molar-refractivity contribution in [2.45, 2.75) is 10.9 Å². The Balaban J connectivity index is 0.00000147. The van der Waals surface area contributed by atoms with Gasteiger partial charge in [-0.25, -0.2) is 4.98 Å². The molecule has 3 rings (SSSR count). The highest BCUT2D eigenvalue weighted by atomic mass is 79.9. The molecular formula is C14H11Br2ClN2S. The summed E-state index contributed by atoms with van der Waals surface area (Å²) >= 11 is 8.62. The fourth-order valence-corrected chi connectivity index (χ4v) is 3.23. The summed E-state index contributed by atoms with van der Waals surface area (Å²) in [6, 6.07) is 14.4. The number of hydrogen-bond acceptors (Lipinski definition) is 2. The van der Waals surface area contributed by atoms with Gasteiger partial charge in [0.15, 0.2) is 5.16 Å². The summed E-state index contributed by atoms with van der Waals surface area (Å²) < 4.78 is 2.17. The van der Waals surface area contributed by atoms with E-state index in [-0.39, 0.29) is 12.4 Å². The van der Waals surface area contributed by atoms with Crippen molar-refractivity contribution in [3.63, 3.8) is 0 Å². The minimum Gasteiger partial charge on any atom is -0.333 e. The van der Waals surface area contributed by atoms with Gasteiger partial charge < -0.3 is 4.98 Å². The van der Waals surface area contributed by atoms with Crippen molar-refractivity contribution in [1.82, 2.24) is 9.97 Å². The number of benzene rings is 2. The Hall–Kier alpha value is -0.490. The molecule has 1 heterocycles. The van der Waals surface area contributed by atoms with Crippen molar-refractivity contribution < 1.29 is 0 Å². The molecule has 1 aromatic heterocycles. The number of nitrogens with zero attached hydrogens (tertiary/aromatic N) is 1. The standard InChI is InChI=1S/C14H10Br2N2S.ClH/c15-10-3-1-9(2-4-10)8-19-14-17-12-6-5-11(16)7-13(12)18-14;/h1-7H,8H2,(H,17,18);1H.